The Bertz CT molecular complexity index is 756. The van der Waals surface area contributed by atoms with E-state index in [9.17, 15) is 14.4 Å². The van der Waals surface area contributed by atoms with Gasteiger partial charge in [0.05, 0.1) is 23.9 Å². The van der Waals surface area contributed by atoms with Crippen LogP contribution in [0, 0.1) is 0 Å². The van der Waals surface area contributed by atoms with Crippen molar-refractivity contribution < 1.29 is 23.9 Å². The monoisotopic (exact) mass is 328 g/mol. The fourth-order valence-corrected chi connectivity index (χ4v) is 1.93. The number of hydrogen-bond acceptors (Lipinski definition) is 5. The highest BCUT2D eigenvalue weighted by Crippen LogP contribution is 2.14. The average Bonchev–Trinajstić information content (AvgIpc) is 2.60. The smallest absolute Gasteiger partial charge is 0.338 e. The molecule has 7 heteroatoms. The van der Waals surface area contributed by atoms with Crippen LogP contribution < -0.4 is 15.8 Å². The van der Waals surface area contributed by atoms with Crippen LogP contribution in [0.2, 0.25) is 0 Å². The second kappa shape index (κ2) is 7.77. The summed E-state index contributed by atoms with van der Waals surface area (Å²) in [6.07, 6.45) is 0. The van der Waals surface area contributed by atoms with Crippen molar-refractivity contribution in [3.63, 3.8) is 0 Å². The molecule has 24 heavy (non-hydrogen) atoms. The van der Waals surface area contributed by atoms with Crippen molar-refractivity contribution in [1.82, 2.24) is 0 Å². The normalized spacial score (nSPS) is 9.88. The van der Waals surface area contributed by atoms with Crippen LogP contribution in [-0.4, -0.2) is 31.5 Å². The molecule has 0 aliphatic carbocycles. The molecule has 0 saturated heterocycles. The lowest BCUT2D eigenvalue weighted by Crippen LogP contribution is -2.23. The van der Waals surface area contributed by atoms with Gasteiger partial charge in [-0.25, -0.2) is 4.79 Å². The number of carbonyl (C=O) groups excluding carboxylic acids is 3. The quantitative estimate of drug-likeness (QED) is 0.783. The summed E-state index contributed by atoms with van der Waals surface area (Å²) < 4.78 is 9.92. The van der Waals surface area contributed by atoms with Gasteiger partial charge in [-0.1, -0.05) is 12.1 Å². The van der Waals surface area contributed by atoms with Crippen molar-refractivity contribution in [3.05, 3.63) is 59.7 Å². The van der Waals surface area contributed by atoms with E-state index in [1.165, 1.54) is 31.4 Å². The Kier molecular flexibility index (Phi) is 5.51. The lowest BCUT2D eigenvalue weighted by molar-refractivity contribution is -0.119. The van der Waals surface area contributed by atoms with Crippen LogP contribution in [0.25, 0.3) is 0 Å². The Morgan fingerprint density at radius 1 is 1.04 bits per heavy atom. The standard InChI is InChI=1S/C17H16N2O5/c1-23-12-8-6-11(7-9-12)17(22)24-10-15(20)19-14-5-3-2-4-13(14)16(18)21/h2-9H,10H2,1H3,(H2,18,21)(H,19,20). The van der Waals surface area contributed by atoms with Gasteiger partial charge in [-0.2, -0.15) is 0 Å². The predicted molar refractivity (Wildman–Crippen MR) is 86.9 cm³/mol. The zero-order chi connectivity index (χ0) is 17.5. The minimum Gasteiger partial charge on any atom is -0.497 e. The van der Waals surface area contributed by atoms with Gasteiger partial charge in [-0.3, -0.25) is 9.59 Å². The number of anilines is 1. The van der Waals surface area contributed by atoms with Gasteiger partial charge in [0.25, 0.3) is 11.8 Å². The van der Waals surface area contributed by atoms with Crippen LogP contribution in [0.3, 0.4) is 0 Å². The molecule has 0 aromatic heterocycles. The van der Waals surface area contributed by atoms with Crippen LogP contribution in [0.5, 0.6) is 5.75 Å². The average molecular weight is 328 g/mol. The third-order valence-corrected chi connectivity index (χ3v) is 3.13. The fraction of sp³-hybridized carbons (Fsp3) is 0.118. The second-order valence-corrected chi connectivity index (χ2v) is 4.76. The number of primary amides is 1. The van der Waals surface area contributed by atoms with E-state index < -0.39 is 24.4 Å². The maximum atomic E-state index is 11.9. The van der Waals surface area contributed by atoms with E-state index in [1.807, 2.05) is 0 Å². The van der Waals surface area contributed by atoms with Crippen molar-refractivity contribution >= 4 is 23.5 Å². The van der Waals surface area contributed by atoms with Crippen LogP contribution in [0.4, 0.5) is 5.69 Å². The summed E-state index contributed by atoms with van der Waals surface area (Å²) in [7, 11) is 1.52. The molecule has 0 atom stereocenters. The van der Waals surface area contributed by atoms with E-state index in [0.29, 0.717) is 11.3 Å². The molecule has 2 aromatic rings. The van der Waals surface area contributed by atoms with E-state index in [4.69, 9.17) is 15.2 Å². The van der Waals surface area contributed by atoms with E-state index in [0.717, 1.165) is 0 Å². The van der Waals surface area contributed by atoms with E-state index in [-0.39, 0.29) is 11.3 Å². The summed E-state index contributed by atoms with van der Waals surface area (Å²) in [4.78, 5) is 35.0. The molecule has 0 bridgehead atoms. The molecule has 0 spiro atoms. The molecular weight excluding hydrogens is 312 g/mol. The molecule has 0 fully saturated rings. The molecule has 2 aromatic carbocycles. The summed E-state index contributed by atoms with van der Waals surface area (Å²) in [5.41, 5.74) is 5.95. The molecule has 0 heterocycles. The summed E-state index contributed by atoms with van der Waals surface area (Å²) in [6, 6.07) is 12.6. The molecule has 124 valence electrons. The van der Waals surface area contributed by atoms with E-state index in [2.05, 4.69) is 5.32 Å². The number of para-hydroxylation sites is 1. The van der Waals surface area contributed by atoms with Gasteiger partial charge in [0.2, 0.25) is 0 Å². The predicted octanol–water partition coefficient (Wildman–Crippen LogP) is 1.59. The maximum absolute atomic E-state index is 11.9. The Hall–Kier alpha value is -3.35. The summed E-state index contributed by atoms with van der Waals surface area (Å²) >= 11 is 0. The SMILES string of the molecule is COc1ccc(C(=O)OCC(=O)Nc2ccccc2C(N)=O)cc1. The molecule has 0 radical (unpaired) electrons. The number of hydrogen-bond donors (Lipinski definition) is 2. The van der Waals surface area contributed by atoms with Gasteiger partial charge in [0, 0.05) is 0 Å². The number of nitrogens with two attached hydrogens (primary N) is 1. The molecule has 0 unspecified atom stereocenters. The van der Waals surface area contributed by atoms with Gasteiger partial charge < -0.3 is 20.5 Å². The minimum absolute atomic E-state index is 0.173. The lowest BCUT2D eigenvalue weighted by Gasteiger charge is -2.09. The van der Waals surface area contributed by atoms with Gasteiger partial charge in [-0.05, 0) is 36.4 Å². The van der Waals surface area contributed by atoms with E-state index >= 15 is 0 Å². The first-order chi connectivity index (χ1) is 11.5. The molecule has 0 saturated carbocycles. The first-order valence-electron chi connectivity index (χ1n) is 7.01. The van der Waals surface area contributed by atoms with E-state index in [1.54, 1.807) is 24.3 Å². The fourth-order valence-electron chi connectivity index (χ4n) is 1.93. The maximum Gasteiger partial charge on any atom is 0.338 e. The molecule has 3 N–H and O–H groups in total. The lowest BCUT2D eigenvalue weighted by atomic mass is 10.1. The van der Waals surface area contributed by atoms with Crippen LogP contribution in [0.1, 0.15) is 20.7 Å². The van der Waals surface area contributed by atoms with Crippen molar-refractivity contribution in [1.29, 1.82) is 0 Å². The number of carbonyl (C=O) groups is 3. The zero-order valence-electron chi connectivity index (χ0n) is 12.9. The van der Waals surface area contributed by atoms with Crippen molar-refractivity contribution in [2.24, 2.45) is 5.73 Å². The highest BCUT2D eigenvalue weighted by atomic mass is 16.5. The highest BCUT2D eigenvalue weighted by molar-refractivity contribution is 6.03. The Labute approximate surface area is 138 Å². The summed E-state index contributed by atoms with van der Waals surface area (Å²) in [5, 5.41) is 2.48. The number of methoxy groups -OCH3 is 1. The molecule has 2 rings (SSSR count). The molecule has 0 aliphatic heterocycles. The summed E-state index contributed by atoms with van der Waals surface area (Å²) in [5.74, 6) is -1.28. The zero-order valence-corrected chi connectivity index (χ0v) is 12.9. The first-order valence-corrected chi connectivity index (χ1v) is 7.01. The molecular formula is C17H16N2O5. The number of amides is 2. The Balaban J connectivity index is 1.93. The van der Waals surface area contributed by atoms with Crippen LogP contribution >= 0.6 is 0 Å². The van der Waals surface area contributed by atoms with Crippen LogP contribution in [-0.2, 0) is 9.53 Å². The molecule has 2 amide bonds. The van der Waals surface area contributed by atoms with Crippen LogP contribution in [0.15, 0.2) is 48.5 Å². The second-order valence-electron chi connectivity index (χ2n) is 4.76. The largest absolute Gasteiger partial charge is 0.497 e. The Morgan fingerprint density at radius 2 is 1.71 bits per heavy atom. The number of ether oxygens (including phenoxy) is 2. The molecule has 7 nitrogen and oxygen atoms in total. The number of benzene rings is 2. The number of nitrogens with one attached hydrogen (secondary N) is 1. The summed E-state index contributed by atoms with van der Waals surface area (Å²) in [6.45, 7) is -0.488. The van der Waals surface area contributed by atoms with Gasteiger partial charge in [-0.15, -0.1) is 0 Å². The third-order valence-electron chi connectivity index (χ3n) is 3.13. The first kappa shape index (κ1) is 17.0. The highest BCUT2D eigenvalue weighted by Gasteiger charge is 2.13. The van der Waals surface area contributed by atoms with Crippen molar-refractivity contribution in [2.45, 2.75) is 0 Å². The Morgan fingerprint density at radius 3 is 2.33 bits per heavy atom. The van der Waals surface area contributed by atoms with Crippen molar-refractivity contribution in [3.8, 4) is 5.75 Å². The van der Waals surface area contributed by atoms with Gasteiger partial charge in [0.1, 0.15) is 5.75 Å². The molecule has 0 aliphatic rings. The third kappa shape index (κ3) is 4.33. The van der Waals surface area contributed by atoms with Gasteiger partial charge >= 0.3 is 5.97 Å². The van der Waals surface area contributed by atoms with Crippen molar-refractivity contribution in [2.75, 3.05) is 19.0 Å². The van der Waals surface area contributed by atoms with Gasteiger partial charge in [0.15, 0.2) is 6.61 Å². The topological polar surface area (TPSA) is 108 Å². The number of rotatable bonds is 6. The minimum atomic E-state index is -0.666. The number of esters is 1.